The molecule has 0 aromatic carbocycles. The lowest BCUT2D eigenvalue weighted by atomic mass is 9.70. The minimum absolute atomic E-state index is 0. The van der Waals surface area contributed by atoms with E-state index in [1.807, 2.05) is 69.6 Å². The van der Waals surface area contributed by atoms with E-state index >= 15 is 0 Å². The maximum Gasteiger partial charge on any atom is 0.150 e. The fraction of sp³-hybridized carbons (Fsp3) is 0.406. The van der Waals surface area contributed by atoms with E-state index < -0.39 is 6.04 Å². The topological polar surface area (TPSA) is 122 Å². The van der Waals surface area contributed by atoms with Crippen LogP contribution in [0.3, 0.4) is 0 Å². The Bertz CT molecular complexity index is 1540. The third kappa shape index (κ3) is 6.58. The van der Waals surface area contributed by atoms with Crippen molar-refractivity contribution >= 4 is 30.6 Å². The van der Waals surface area contributed by atoms with Crippen LogP contribution in [0.2, 0.25) is 0 Å². The largest absolute Gasteiger partial charge is 0.492 e. The Morgan fingerprint density at radius 2 is 1.95 bits per heavy atom. The summed E-state index contributed by atoms with van der Waals surface area (Å²) >= 11 is 0. The summed E-state index contributed by atoms with van der Waals surface area (Å²) in [6, 6.07) is 13.7. The van der Waals surface area contributed by atoms with Gasteiger partial charge in [-0.1, -0.05) is 19.9 Å². The second-order valence-corrected chi connectivity index (χ2v) is 11.3. The van der Waals surface area contributed by atoms with Gasteiger partial charge in [0, 0.05) is 48.7 Å². The highest BCUT2D eigenvalue weighted by atomic mass is 32.1. The van der Waals surface area contributed by atoms with Gasteiger partial charge >= 0.3 is 0 Å². The van der Waals surface area contributed by atoms with Crippen molar-refractivity contribution in [3.8, 4) is 22.9 Å². The predicted molar refractivity (Wildman–Crippen MR) is 169 cm³/mol. The lowest BCUT2D eigenvalue weighted by Gasteiger charge is -2.42. The van der Waals surface area contributed by atoms with E-state index in [4.69, 9.17) is 15.5 Å². The summed E-state index contributed by atoms with van der Waals surface area (Å²) in [6.07, 6.45) is 9.92. The van der Waals surface area contributed by atoms with Gasteiger partial charge in [0.25, 0.3) is 0 Å². The number of nitrogens with zero attached hydrogens (tertiary/aromatic N) is 6. The van der Waals surface area contributed by atoms with Crippen LogP contribution in [0.5, 0.6) is 5.75 Å². The molecule has 5 heterocycles. The number of hydrogen-bond acceptors (Lipinski definition) is 8. The van der Waals surface area contributed by atoms with Gasteiger partial charge < -0.3 is 15.4 Å². The first kappa shape index (κ1) is 31.0. The summed E-state index contributed by atoms with van der Waals surface area (Å²) in [4.78, 5) is 24.8. The third-order valence-electron chi connectivity index (χ3n) is 8.15. The zero-order valence-corrected chi connectivity index (χ0v) is 25.5. The van der Waals surface area contributed by atoms with Gasteiger partial charge in [-0.2, -0.15) is 23.9 Å². The van der Waals surface area contributed by atoms with Gasteiger partial charge in [0.15, 0.2) is 0 Å². The van der Waals surface area contributed by atoms with Crippen LogP contribution in [0.4, 0.5) is 5.82 Å². The van der Waals surface area contributed by atoms with Crippen LogP contribution in [0.1, 0.15) is 51.3 Å². The highest BCUT2D eigenvalue weighted by Gasteiger charge is 2.38. The average Bonchev–Trinajstić information content (AvgIpc) is 3.40. The maximum atomic E-state index is 13.1. The Labute approximate surface area is 254 Å². The summed E-state index contributed by atoms with van der Waals surface area (Å²) in [5, 5.41) is 14.0. The van der Waals surface area contributed by atoms with Crippen molar-refractivity contribution in [3.63, 3.8) is 0 Å². The highest BCUT2D eigenvalue weighted by molar-refractivity contribution is 7.59. The van der Waals surface area contributed by atoms with E-state index in [0.717, 1.165) is 60.5 Å². The summed E-state index contributed by atoms with van der Waals surface area (Å²) < 4.78 is 7.43. The molecule has 0 saturated carbocycles. The Morgan fingerprint density at radius 3 is 2.57 bits per heavy atom. The standard InChI is InChI=1S/C32H37N7O2.H2S/c1-4-41-26-15-27(31-24(18-33)20-37-39(31)21-26)23-8-9-29(36-19-23)38-13-10-32(11-14-38,16-25-7-5-6-12-35-25)17-28(40)30(34)22(2)3;/h5-9,12,15,19-22,30H,4,10-11,13-14,16-17,34H2,1-3H3;1H2/t30-;/m0./s1. The summed E-state index contributed by atoms with van der Waals surface area (Å²) in [5.74, 6) is 1.80. The molecule has 1 fully saturated rings. The number of anilines is 1. The lowest BCUT2D eigenvalue weighted by Crippen LogP contribution is -2.46. The van der Waals surface area contributed by atoms with Gasteiger partial charge in [-0.25, -0.2) is 9.50 Å². The van der Waals surface area contributed by atoms with Crippen LogP contribution < -0.4 is 15.4 Å². The van der Waals surface area contributed by atoms with Crippen LogP contribution >= 0.6 is 13.5 Å². The number of fused-ring (bicyclic) bond motifs is 1. The van der Waals surface area contributed by atoms with E-state index in [1.165, 1.54) is 0 Å². The van der Waals surface area contributed by atoms with E-state index in [9.17, 15) is 10.1 Å². The fourth-order valence-electron chi connectivity index (χ4n) is 5.75. The minimum atomic E-state index is -0.451. The molecule has 42 heavy (non-hydrogen) atoms. The van der Waals surface area contributed by atoms with E-state index in [0.29, 0.717) is 24.3 Å². The molecule has 0 spiro atoms. The lowest BCUT2D eigenvalue weighted by molar-refractivity contribution is -0.123. The van der Waals surface area contributed by atoms with Crippen molar-refractivity contribution in [2.24, 2.45) is 17.1 Å². The fourth-order valence-corrected chi connectivity index (χ4v) is 5.75. The number of ether oxygens (including phenoxy) is 1. The Balaban J connectivity index is 0.00000405. The van der Waals surface area contributed by atoms with Crippen LogP contribution in [0, 0.1) is 22.7 Å². The number of hydrogen-bond donors (Lipinski definition) is 1. The molecule has 0 amide bonds. The first-order chi connectivity index (χ1) is 19.8. The van der Waals surface area contributed by atoms with E-state index in [-0.39, 0.29) is 30.6 Å². The second-order valence-electron chi connectivity index (χ2n) is 11.3. The van der Waals surface area contributed by atoms with Crippen molar-refractivity contribution in [1.29, 1.82) is 5.26 Å². The van der Waals surface area contributed by atoms with Gasteiger partial charge in [-0.15, -0.1) is 0 Å². The van der Waals surface area contributed by atoms with Crippen LogP contribution in [-0.2, 0) is 11.2 Å². The molecule has 1 atom stereocenters. The number of nitrogens with two attached hydrogens (primary N) is 1. The molecule has 2 N–H and O–H groups in total. The van der Waals surface area contributed by atoms with Gasteiger partial charge in [0.1, 0.15) is 23.4 Å². The summed E-state index contributed by atoms with van der Waals surface area (Å²) in [6.45, 7) is 8.03. The first-order valence-corrected chi connectivity index (χ1v) is 14.3. The molecule has 9 nitrogen and oxygen atoms in total. The molecule has 1 aliphatic rings. The molecule has 0 bridgehead atoms. The molecular weight excluding hydrogens is 546 g/mol. The number of pyridine rings is 3. The van der Waals surface area contributed by atoms with Gasteiger partial charge in [-0.3, -0.25) is 9.78 Å². The van der Waals surface area contributed by atoms with Gasteiger partial charge in [0.05, 0.1) is 36.1 Å². The maximum absolute atomic E-state index is 13.1. The minimum Gasteiger partial charge on any atom is -0.492 e. The van der Waals surface area contributed by atoms with Crippen molar-refractivity contribution in [2.75, 3.05) is 24.6 Å². The Morgan fingerprint density at radius 1 is 1.17 bits per heavy atom. The number of aromatic nitrogens is 4. The molecule has 10 heteroatoms. The van der Waals surface area contributed by atoms with Crippen molar-refractivity contribution < 1.29 is 9.53 Å². The quantitative estimate of drug-likeness (QED) is 0.278. The van der Waals surface area contributed by atoms with Crippen molar-refractivity contribution in [2.45, 2.75) is 52.5 Å². The zero-order valence-electron chi connectivity index (χ0n) is 24.5. The van der Waals surface area contributed by atoms with Crippen LogP contribution in [-0.4, -0.2) is 51.1 Å². The molecule has 4 aromatic rings. The number of rotatable bonds is 10. The van der Waals surface area contributed by atoms with E-state index in [2.05, 4.69) is 21.1 Å². The second kappa shape index (κ2) is 13.4. The van der Waals surface area contributed by atoms with Crippen molar-refractivity contribution in [1.82, 2.24) is 19.6 Å². The molecule has 0 unspecified atom stereocenters. The molecular formula is C32H39N7O2S. The molecule has 0 aliphatic carbocycles. The zero-order chi connectivity index (χ0) is 29.0. The Hall–Kier alpha value is -3.94. The summed E-state index contributed by atoms with van der Waals surface area (Å²) in [7, 11) is 0. The summed E-state index contributed by atoms with van der Waals surface area (Å²) in [5.41, 5.74) is 10.0. The van der Waals surface area contributed by atoms with Gasteiger partial charge in [-0.05, 0) is 67.9 Å². The predicted octanol–water partition coefficient (Wildman–Crippen LogP) is 4.95. The molecule has 4 aromatic heterocycles. The Kier molecular flexibility index (Phi) is 9.86. The third-order valence-corrected chi connectivity index (χ3v) is 8.15. The number of ketones is 1. The molecule has 1 saturated heterocycles. The number of carbonyl (C=O) groups excluding carboxylic acids is 1. The van der Waals surface area contributed by atoms with Crippen molar-refractivity contribution in [3.05, 3.63) is 72.4 Å². The SMILES string of the molecule is CCOc1cc(-c2ccc(N3CCC(CC(=O)[C@@H](N)C(C)C)(Cc4ccccn4)CC3)nc2)c2c(C#N)cnn2c1.S. The number of piperidine rings is 1. The average molecular weight is 586 g/mol. The van der Waals surface area contributed by atoms with Crippen LogP contribution in [0.15, 0.2) is 61.2 Å². The van der Waals surface area contributed by atoms with E-state index in [1.54, 1.807) is 16.9 Å². The number of Topliss-reactive ketones (excluding diaryl/α,β-unsaturated/α-hetero) is 1. The highest BCUT2D eigenvalue weighted by Crippen LogP contribution is 2.40. The molecule has 0 radical (unpaired) electrons. The number of nitriles is 1. The smallest absolute Gasteiger partial charge is 0.150 e. The molecule has 1 aliphatic heterocycles. The monoisotopic (exact) mass is 585 g/mol. The number of carbonyl (C=O) groups is 1. The van der Waals surface area contributed by atoms with Crippen LogP contribution in [0.25, 0.3) is 16.6 Å². The first-order valence-electron chi connectivity index (χ1n) is 14.3. The molecule has 5 rings (SSSR count). The molecule has 220 valence electrons. The van der Waals surface area contributed by atoms with Gasteiger partial charge in [0.2, 0.25) is 0 Å². The normalized spacial score (nSPS) is 15.2.